The average Bonchev–Trinajstić information content (AvgIpc) is 2.98. The average molecular weight is 601 g/mol. The second-order valence-corrected chi connectivity index (χ2v) is 17.6. The predicted octanol–water partition coefficient (Wildman–Crippen LogP) is 7.95. The van der Waals surface area contributed by atoms with Gasteiger partial charge in [0.05, 0.1) is 45.2 Å². The van der Waals surface area contributed by atoms with Crippen molar-refractivity contribution in [3.63, 3.8) is 0 Å². The minimum atomic E-state index is -2.05. The smallest absolute Gasteiger partial charge is 0.192 e. The molecule has 0 bridgehead atoms. The lowest BCUT2D eigenvalue weighted by Crippen LogP contribution is -2.47. The number of benzene rings is 2. The lowest BCUT2D eigenvalue weighted by atomic mass is 9.91. The number of methoxy groups -OCH3 is 2. The molecule has 0 radical (unpaired) electrons. The van der Waals surface area contributed by atoms with Gasteiger partial charge in [0.25, 0.3) is 0 Å². The van der Waals surface area contributed by atoms with E-state index in [4.69, 9.17) is 23.4 Å². The van der Waals surface area contributed by atoms with Crippen LogP contribution in [0, 0.1) is 5.92 Å². The second-order valence-electron chi connectivity index (χ2n) is 12.8. The molecule has 0 unspecified atom stereocenters. The van der Waals surface area contributed by atoms with E-state index in [1.54, 1.807) is 14.2 Å². The molecule has 0 aliphatic rings. The van der Waals surface area contributed by atoms with Gasteiger partial charge in [0.1, 0.15) is 5.75 Å². The monoisotopic (exact) mass is 600 g/mol. The highest BCUT2D eigenvalue weighted by molar-refractivity contribution is 6.74. The summed E-state index contributed by atoms with van der Waals surface area (Å²) in [7, 11) is 1.41. The molecule has 0 saturated heterocycles. The van der Waals surface area contributed by atoms with Crippen LogP contribution in [0.3, 0.4) is 0 Å². The van der Waals surface area contributed by atoms with Crippen LogP contribution in [0.15, 0.2) is 66.2 Å². The summed E-state index contributed by atoms with van der Waals surface area (Å²) < 4.78 is 31.0. The fourth-order valence-corrected chi connectivity index (χ4v) is 5.94. The Kier molecular flexibility index (Phi) is 15.5. The molecular weight excluding hydrogens is 544 g/mol. The summed E-state index contributed by atoms with van der Waals surface area (Å²) in [5.74, 6) is 0.945. The molecule has 0 spiro atoms. The standard InChI is InChI=1S/C35H56O6Si/c1-27(24-36)15-20-33(41-42(8,9)35(3,4)5)28(2)34(38-7)23-32(21-22-39-25-29-13-11-10-12-14-29)40-26-30-16-18-31(37-6)19-17-30/h10-19,28,32-34,36H,20-26H2,1-9H3/b27-15+/t28-,32-,33-,34-/m0/s1. The lowest BCUT2D eigenvalue weighted by molar-refractivity contribution is -0.0576. The lowest BCUT2D eigenvalue weighted by Gasteiger charge is -2.42. The summed E-state index contributed by atoms with van der Waals surface area (Å²) in [4.78, 5) is 0. The summed E-state index contributed by atoms with van der Waals surface area (Å²) in [6, 6.07) is 18.2. The van der Waals surface area contributed by atoms with Gasteiger partial charge in [-0.3, -0.25) is 0 Å². The molecule has 4 atom stereocenters. The van der Waals surface area contributed by atoms with Gasteiger partial charge in [-0.15, -0.1) is 0 Å². The maximum Gasteiger partial charge on any atom is 0.192 e. The molecule has 7 heteroatoms. The molecule has 0 aliphatic heterocycles. The Balaban J connectivity index is 2.18. The van der Waals surface area contributed by atoms with Crippen molar-refractivity contribution in [2.24, 2.45) is 5.92 Å². The molecule has 0 aliphatic carbocycles. The Bertz CT molecular complexity index is 1030. The van der Waals surface area contributed by atoms with Gasteiger partial charge in [-0.1, -0.05) is 81.8 Å². The minimum Gasteiger partial charge on any atom is -0.497 e. The molecule has 0 aromatic heterocycles. The topological polar surface area (TPSA) is 66.4 Å². The summed E-state index contributed by atoms with van der Waals surface area (Å²) in [6.07, 6.45) is 4.16. The first kappa shape index (κ1) is 36.2. The summed E-state index contributed by atoms with van der Waals surface area (Å²) >= 11 is 0. The molecule has 0 fully saturated rings. The molecule has 236 valence electrons. The van der Waals surface area contributed by atoms with E-state index in [0.717, 1.165) is 41.7 Å². The van der Waals surface area contributed by atoms with Crippen molar-refractivity contribution in [3.05, 3.63) is 77.4 Å². The van der Waals surface area contributed by atoms with Crippen molar-refractivity contribution in [2.45, 2.75) is 104 Å². The van der Waals surface area contributed by atoms with Crippen LogP contribution >= 0.6 is 0 Å². The van der Waals surface area contributed by atoms with Crippen molar-refractivity contribution in [1.29, 1.82) is 0 Å². The number of hydrogen-bond donors (Lipinski definition) is 1. The SMILES string of the molecule is COc1ccc(CO[C@@H](CCOCc2ccccc2)C[C@H](OC)[C@@H](C)[C@H](C/C=C(\C)CO)O[Si](C)(C)C(C)(C)C)cc1. The highest BCUT2D eigenvalue weighted by Crippen LogP contribution is 2.39. The first-order valence-electron chi connectivity index (χ1n) is 15.2. The van der Waals surface area contributed by atoms with Gasteiger partial charge in [-0.25, -0.2) is 0 Å². The van der Waals surface area contributed by atoms with Gasteiger partial charge in [0.2, 0.25) is 0 Å². The Morgan fingerprint density at radius 2 is 1.57 bits per heavy atom. The van der Waals surface area contributed by atoms with Gasteiger partial charge in [0.15, 0.2) is 8.32 Å². The van der Waals surface area contributed by atoms with E-state index in [0.29, 0.717) is 19.8 Å². The molecule has 2 aromatic rings. The first-order valence-corrected chi connectivity index (χ1v) is 18.1. The van der Waals surface area contributed by atoms with E-state index in [9.17, 15) is 5.11 Å². The van der Waals surface area contributed by atoms with Crippen LogP contribution < -0.4 is 4.74 Å². The molecule has 42 heavy (non-hydrogen) atoms. The Labute approximate surface area is 256 Å². The molecule has 0 saturated carbocycles. The van der Waals surface area contributed by atoms with Crippen LogP contribution in [0.1, 0.15) is 65.0 Å². The minimum absolute atomic E-state index is 0.0334. The van der Waals surface area contributed by atoms with Crippen LogP contribution in [0.5, 0.6) is 5.75 Å². The summed E-state index contributed by atoms with van der Waals surface area (Å²) in [5, 5.41) is 9.71. The quantitative estimate of drug-likeness (QED) is 0.100. The molecule has 0 amide bonds. The highest BCUT2D eigenvalue weighted by Gasteiger charge is 2.41. The van der Waals surface area contributed by atoms with Gasteiger partial charge in [0, 0.05) is 26.1 Å². The molecule has 2 aromatic carbocycles. The van der Waals surface area contributed by atoms with Crippen LogP contribution in [0.2, 0.25) is 18.1 Å². The maximum absolute atomic E-state index is 9.62. The first-order chi connectivity index (χ1) is 19.9. The maximum atomic E-state index is 9.62. The van der Waals surface area contributed by atoms with E-state index < -0.39 is 8.32 Å². The molecule has 1 N–H and O–H groups in total. The number of aliphatic hydroxyl groups excluding tert-OH is 1. The Hall–Kier alpha value is -2.00. The van der Waals surface area contributed by atoms with Crippen LogP contribution in [0.25, 0.3) is 0 Å². The van der Waals surface area contributed by atoms with Crippen LogP contribution in [-0.4, -0.2) is 59.2 Å². The van der Waals surface area contributed by atoms with Gasteiger partial charge < -0.3 is 28.5 Å². The highest BCUT2D eigenvalue weighted by atomic mass is 28.4. The van der Waals surface area contributed by atoms with E-state index in [2.05, 4.69) is 59.0 Å². The zero-order valence-corrected chi connectivity index (χ0v) is 28.5. The van der Waals surface area contributed by atoms with Crippen LogP contribution in [0.4, 0.5) is 0 Å². The zero-order valence-electron chi connectivity index (χ0n) is 27.5. The van der Waals surface area contributed by atoms with Crippen LogP contribution in [-0.2, 0) is 31.9 Å². The fraction of sp³-hybridized carbons (Fsp3) is 0.600. The largest absolute Gasteiger partial charge is 0.497 e. The molecule has 6 nitrogen and oxygen atoms in total. The second kappa shape index (κ2) is 18.0. The fourth-order valence-electron chi connectivity index (χ4n) is 4.52. The zero-order chi connectivity index (χ0) is 31.2. The third-order valence-corrected chi connectivity index (χ3v) is 13.0. The van der Waals surface area contributed by atoms with Gasteiger partial charge >= 0.3 is 0 Å². The van der Waals surface area contributed by atoms with Crippen molar-refractivity contribution in [3.8, 4) is 5.75 Å². The Morgan fingerprint density at radius 1 is 0.929 bits per heavy atom. The van der Waals surface area contributed by atoms with E-state index in [-0.39, 0.29) is 35.9 Å². The van der Waals surface area contributed by atoms with Gasteiger partial charge in [-0.2, -0.15) is 0 Å². The van der Waals surface area contributed by atoms with Gasteiger partial charge in [-0.05, 0) is 61.2 Å². The van der Waals surface area contributed by atoms with E-state index in [1.807, 2.05) is 49.4 Å². The summed E-state index contributed by atoms with van der Waals surface area (Å²) in [6.45, 7) is 17.3. The molecular formula is C35H56O6Si. The predicted molar refractivity (Wildman–Crippen MR) is 174 cm³/mol. The van der Waals surface area contributed by atoms with Crippen molar-refractivity contribution in [1.82, 2.24) is 0 Å². The van der Waals surface area contributed by atoms with Crippen molar-refractivity contribution >= 4 is 8.32 Å². The molecule has 2 rings (SSSR count). The normalized spacial score (nSPS) is 15.7. The number of ether oxygens (including phenoxy) is 4. The number of aliphatic hydroxyl groups is 1. The van der Waals surface area contributed by atoms with E-state index in [1.165, 1.54) is 0 Å². The molecule has 0 heterocycles. The third kappa shape index (κ3) is 12.3. The van der Waals surface area contributed by atoms with Crippen molar-refractivity contribution in [2.75, 3.05) is 27.4 Å². The third-order valence-electron chi connectivity index (χ3n) is 8.51. The Morgan fingerprint density at radius 3 is 2.14 bits per heavy atom. The van der Waals surface area contributed by atoms with E-state index >= 15 is 0 Å². The number of hydrogen-bond acceptors (Lipinski definition) is 6. The number of rotatable bonds is 19. The van der Waals surface area contributed by atoms with Crippen molar-refractivity contribution < 1.29 is 28.5 Å². The summed E-state index contributed by atoms with van der Waals surface area (Å²) in [5.41, 5.74) is 3.21.